The van der Waals surface area contributed by atoms with Gasteiger partial charge in [0.15, 0.2) is 0 Å². The van der Waals surface area contributed by atoms with Crippen molar-refractivity contribution in [2.45, 2.75) is 6.42 Å². The van der Waals surface area contributed by atoms with Crippen LogP contribution in [-0.2, 0) is 6.42 Å². The van der Waals surface area contributed by atoms with Gasteiger partial charge in [0.1, 0.15) is 0 Å². The molecule has 3 N–H and O–H groups in total. The Morgan fingerprint density at radius 3 is 2.48 bits per heavy atom. The molecular weight excluding hydrogens is 309 g/mol. The Kier molecular flexibility index (Phi) is 4.69. The van der Waals surface area contributed by atoms with Crippen LogP contribution in [-0.4, -0.2) is 5.91 Å². The first-order valence-corrected chi connectivity index (χ1v) is 6.78. The molecule has 0 unspecified atom stereocenters. The number of carbonyl (C=O) groups is 1. The monoisotopic (exact) mass is 319 g/mol. The largest absolute Gasteiger partial charge is 0.397 e. The number of halogens is 2. The normalized spacial score (nSPS) is 9.95. The van der Waals surface area contributed by atoms with Crippen LogP contribution in [0.3, 0.4) is 0 Å². The van der Waals surface area contributed by atoms with Crippen molar-refractivity contribution in [3.05, 3.63) is 57.6 Å². The standard InChI is InChI=1S/C15H11Cl2N3O/c16-12-7-10(8-13(19)14(12)17)15(21)20-11-3-1-9(2-4-11)5-6-18/h1-4,7-8H,5,19H2,(H,20,21). The lowest BCUT2D eigenvalue weighted by atomic mass is 10.1. The van der Waals surface area contributed by atoms with Crippen LogP contribution in [0, 0.1) is 11.3 Å². The molecule has 0 aliphatic rings. The van der Waals surface area contributed by atoms with E-state index in [1.807, 2.05) is 0 Å². The number of nitrogens with zero attached hydrogens (tertiary/aromatic N) is 1. The molecule has 2 aromatic rings. The summed E-state index contributed by atoms with van der Waals surface area (Å²) in [6.45, 7) is 0. The molecule has 21 heavy (non-hydrogen) atoms. The minimum Gasteiger partial charge on any atom is -0.397 e. The maximum atomic E-state index is 12.1. The number of benzene rings is 2. The molecule has 0 radical (unpaired) electrons. The van der Waals surface area contributed by atoms with Crippen LogP contribution in [0.4, 0.5) is 11.4 Å². The van der Waals surface area contributed by atoms with Gasteiger partial charge in [-0.05, 0) is 29.8 Å². The zero-order valence-corrected chi connectivity index (χ0v) is 12.4. The first kappa shape index (κ1) is 15.2. The smallest absolute Gasteiger partial charge is 0.255 e. The second kappa shape index (κ2) is 6.49. The lowest BCUT2D eigenvalue weighted by molar-refractivity contribution is 0.102. The first-order chi connectivity index (χ1) is 10.0. The molecule has 1 amide bonds. The van der Waals surface area contributed by atoms with Gasteiger partial charge in [-0.25, -0.2) is 0 Å². The second-order valence-corrected chi connectivity index (χ2v) is 5.13. The van der Waals surface area contributed by atoms with Gasteiger partial charge in [-0.2, -0.15) is 5.26 Å². The Hall–Kier alpha value is -2.22. The topological polar surface area (TPSA) is 78.9 Å². The van der Waals surface area contributed by atoms with Crippen LogP contribution < -0.4 is 11.1 Å². The molecule has 0 aromatic heterocycles. The third-order valence-electron chi connectivity index (χ3n) is 2.81. The number of hydrogen-bond acceptors (Lipinski definition) is 3. The number of amides is 1. The minimum absolute atomic E-state index is 0.228. The highest BCUT2D eigenvalue weighted by Crippen LogP contribution is 2.29. The predicted molar refractivity (Wildman–Crippen MR) is 84.6 cm³/mol. The van der Waals surface area contributed by atoms with Crippen molar-refractivity contribution in [1.82, 2.24) is 0 Å². The summed E-state index contributed by atoms with van der Waals surface area (Å²) < 4.78 is 0. The van der Waals surface area contributed by atoms with Crippen LogP contribution in [0.1, 0.15) is 15.9 Å². The van der Waals surface area contributed by atoms with E-state index in [2.05, 4.69) is 11.4 Å². The van der Waals surface area contributed by atoms with E-state index < -0.39 is 0 Å². The van der Waals surface area contributed by atoms with E-state index >= 15 is 0 Å². The Morgan fingerprint density at radius 1 is 1.24 bits per heavy atom. The summed E-state index contributed by atoms with van der Waals surface area (Å²) in [4.78, 5) is 12.1. The molecule has 0 spiro atoms. The van der Waals surface area contributed by atoms with E-state index in [0.717, 1.165) is 5.56 Å². The van der Waals surface area contributed by atoms with Crippen molar-refractivity contribution in [3.63, 3.8) is 0 Å². The summed E-state index contributed by atoms with van der Waals surface area (Å²) in [7, 11) is 0. The second-order valence-electron chi connectivity index (χ2n) is 4.35. The minimum atomic E-state index is -0.340. The summed E-state index contributed by atoms with van der Waals surface area (Å²) >= 11 is 11.7. The number of nitrogens with one attached hydrogen (secondary N) is 1. The number of anilines is 2. The number of nitriles is 1. The van der Waals surface area contributed by atoms with Crippen molar-refractivity contribution in [1.29, 1.82) is 5.26 Å². The summed E-state index contributed by atoms with van der Waals surface area (Å²) in [5, 5.41) is 11.8. The van der Waals surface area contributed by atoms with Crippen molar-refractivity contribution in [2.75, 3.05) is 11.1 Å². The van der Waals surface area contributed by atoms with Crippen molar-refractivity contribution < 1.29 is 4.79 Å². The summed E-state index contributed by atoms with van der Waals surface area (Å²) in [5.41, 5.74) is 7.75. The molecule has 0 fully saturated rings. The Labute approximate surface area is 132 Å². The highest BCUT2D eigenvalue weighted by molar-refractivity contribution is 6.44. The van der Waals surface area contributed by atoms with Crippen LogP contribution in [0.15, 0.2) is 36.4 Å². The zero-order chi connectivity index (χ0) is 15.4. The first-order valence-electron chi connectivity index (χ1n) is 6.03. The van der Waals surface area contributed by atoms with E-state index in [9.17, 15) is 4.79 Å². The van der Waals surface area contributed by atoms with Crippen LogP contribution in [0.25, 0.3) is 0 Å². The molecule has 106 valence electrons. The van der Waals surface area contributed by atoms with Crippen molar-refractivity contribution >= 4 is 40.5 Å². The predicted octanol–water partition coefficient (Wildman–Crippen LogP) is 3.89. The molecule has 0 heterocycles. The van der Waals surface area contributed by atoms with Gasteiger partial charge in [0.2, 0.25) is 0 Å². The van der Waals surface area contributed by atoms with E-state index in [1.165, 1.54) is 12.1 Å². The molecule has 4 nitrogen and oxygen atoms in total. The Morgan fingerprint density at radius 2 is 1.90 bits per heavy atom. The van der Waals surface area contributed by atoms with Gasteiger partial charge in [0.25, 0.3) is 5.91 Å². The fraction of sp³-hybridized carbons (Fsp3) is 0.0667. The summed E-state index contributed by atoms with van der Waals surface area (Å²) in [6.07, 6.45) is 0.331. The fourth-order valence-electron chi connectivity index (χ4n) is 1.74. The molecule has 2 rings (SSSR count). The van der Waals surface area contributed by atoms with Crippen molar-refractivity contribution in [2.24, 2.45) is 0 Å². The number of carbonyl (C=O) groups excluding carboxylic acids is 1. The van der Waals surface area contributed by atoms with E-state index in [1.54, 1.807) is 24.3 Å². The van der Waals surface area contributed by atoms with Crippen LogP contribution in [0.5, 0.6) is 0 Å². The van der Waals surface area contributed by atoms with Gasteiger partial charge in [-0.15, -0.1) is 0 Å². The third-order valence-corrected chi connectivity index (χ3v) is 3.63. The van der Waals surface area contributed by atoms with E-state index in [4.69, 9.17) is 34.2 Å². The fourth-order valence-corrected chi connectivity index (χ4v) is 2.08. The molecule has 0 atom stereocenters. The SMILES string of the molecule is N#CCc1ccc(NC(=O)c2cc(N)c(Cl)c(Cl)c2)cc1. The quantitative estimate of drug-likeness (QED) is 0.842. The van der Waals surface area contributed by atoms with Gasteiger partial charge >= 0.3 is 0 Å². The molecule has 6 heteroatoms. The average Bonchev–Trinajstić information content (AvgIpc) is 2.46. The van der Waals surface area contributed by atoms with Gasteiger partial charge in [-0.3, -0.25) is 4.79 Å². The van der Waals surface area contributed by atoms with Gasteiger partial charge in [0, 0.05) is 11.3 Å². The summed E-state index contributed by atoms with van der Waals surface area (Å²) in [6, 6.07) is 12.0. The number of nitrogen functional groups attached to an aromatic ring is 1. The molecule has 0 aliphatic carbocycles. The van der Waals surface area contributed by atoms with Gasteiger partial charge in [-0.1, -0.05) is 35.3 Å². The third kappa shape index (κ3) is 3.66. The number of nitrogens with two attached hydrogens (primary N) is 1. The Bertz CT molecular complexity index is 698. The lowest BCUT2D eigenvalue weighted by Gasteiger charge is -2.08. The maximum absolute atomic E-state index is 12.1. The zero-order valence-electron chi connectivity index (χ0n) is 10.9. The maximum Gasteiger partial charge on any atom is 0.255 e. The molecular formula is C15H11Cl2N3O. The number of hydrogen-bond donors (Lipinski definition) is 2. The van der Waals surface area contributed by atoms with Gasteiger partial charge in [0.05, 0.1) is 28.2 Å². The highest BCUT2D eigenvalue weighted by atomic mass is 35.5. The lowest BCUT2D eigenvalue weighted by Crippen LogP contribution is -2.12. The molecule has 2 aromatic carbocycles. The number of rotatable bonds is 3. The van der Waals surface area contributed by atoms with Crippen molar-refractivity contribution in [3.8, 4) is 6.07 Å². The molecule has 0 bridgehead atoms. The van der Waals surface area contributed by atoms with Crippen LogP contribution in [0.2, 0.25) is 10.0 Å². The summed E-state index contributed by atoms with van der Waals surface area (Å²) in [5.74, 6) is -0.340. The molecule has 0 saturated carbocycles. The average molecular weight is 320 g/mol. The Balaban J connectivity index is 2.16. The van der Waals surface area contributed by atoms with Crippen LogP contribution >= 0.6 is 23.2 Å². The van der Waals surface area contributed by atoms with E-state index in [0.29, 0.717) is 17.7 Å². The molecule has 0 saturated heterocycles. The highest BCUT2D eigenvalue weighted by Gasteiger charge is 2.11. The van der Waals surface area contributed by atoms with Gasteiger partial charge < -0.3 is 11.1 Å². The van der Waals surface area contributed by atoms with E-state index in [-0.39, 0.29) is 21.6 Å². The molecule has 0 aliphatic heterocycles.